The first-order chi connectivity index (χ1) is 10.5. The topological polar surface area (TPSA) is 81.5 Å². The molecule has 0 aliphatic rings. The molecule has 6 heteroatoms. The van der Waals surface area contributed by atoms with Gasteiger partial charge in [0.2, 0.25) is 5.91 Å². The molecular weight excluding hydrogens is 301 g/mol. The highest BCUT2D eigenvalue weighted by Gasteiger charge is 2.01. The molecule has 114 valence electrons. The van der Waals surface area contributed by atoms with Crippen molar-refractivity contribution in [2.24, 2.45) is 16.5 Å². The number of carbonyl (C=O) groups excluding carboxylic acids is 1. The number of primary amides is 1. The maximum atomic E-state index is 12.8. The molecule has 0 spiro atoms. The summed E-state index contributed by atoms with van der Waals surface area (Å²) in [5, 5.41) is 0.461. The van der Waals surface area contributed by atoms with E-state index in [-0.39, 0.29) is 5.82 Å². The molecule has 4 nitrogen and oxygen atoms in total. The van der Waals surface area contributed by atoms with Crippen molar-refractivity contribution < 1.29 is 9.18 Å². The third kappa shape index (κ3) is 4.89. The first-order valence-electron chi connectivity index (χ1n) is 6.60. The van der Waals surface area contributed by atoms with E-state index in [1.54, 1.807) is 36.4 Å². The van der Waals surface area contributed by atoms with Crippen molar-refractivity contribution in [3.8, 4) is 0 Å². The molecule has 0 aromatic heterocycles. The van der Waals surface area contributed by atoms with Gasteiger partial charge < -0.3 is 11.5 Å². The van der Waals surface area contributed by atoms with Crippen LogP contribution in [0.1, 0.15) is 21.5 Å². The van der Waals surface area contributed by atoms with Gasteiger partial charge in [-0.05, 0) is 35.4 Å². The van der Waals surface area contributed by atoms with Crippen molar-refractivity contribution in [1.29, 1.82) is 0 Å². The van der Waals surface area contributed by atoms with Crippen molar-refractivity contribution in [2.45, 2.75) is 12.3 Å². The highest BCUT2D eigenvalue weighted by atomic mass is 32.2. The standard InChI is InChI=1S/C16H16FN3OS/c17-14-7-3-12(4-8-14)10-22-16(19)20-9-11-1-5-13(6-2-11)15(18)21/h1-8H,9-10H2,(H2,18,21)(H2,19,20). The molecule has 22 heavy (non-hydrogen) atoms. The van der Waals surface area contributed by atoms with E-state index in [0.717, 1.165) is 11.1 Å². The predicted molar refractivity (Wildman–Crippen MR) is 88.0 cm³/mol. The van der Waals surface area contributed by atoms with Crippen molar-refractivity contribution in [1.82, 2.24) is 0 Å². The summed E-state index contributed by atoms with van der Waals surface area (Å²) in [4.78, 5) is 15.2. The summed E-state index contributed by atoms with van der Waals surface area (Å²) in [5.41, 5.74) is 13.4. The minimum absolute atomic E-state index is 0.255. The lowest BCUT2D eigenvalue weighted by atomic mass is 10.1. The van der Waals surface area contributed by atoms with Crippen molar-refractivity contribution >= 4 is 22.8 Å². The number of nitrogens with zero attached hydrogens (tertiary/aromatic N) is 1. The van der Waals surface area contributed by atoms with Crippen LogP contribution < -0.4 is 11.5 Å². The Bertz CT molecular complexity index is 669. The van der Waals surface area contributed by atoms with Crippen LogP contribution >= 0.6 is 11.8 Å². The molecule has 1 amide bonds. The van der Waals surface area contributed by atoms with Gasteiger partial charge in [0.05, 0.1) is 6.54 Å². The second kappa shape index (κ2) is 7.61. The average molecular weight is 317 g/mol. The first kappa shape index (κ1) is 16.0. The zero-order chi connectivity index (χ0) is 15.9. The molecule has 4 N–H and O–H groups in total. The van der Waals surface area contributed by atoms with E-state index < -0.39 is 5.91 Å². The summed E-state index contributed by atoms with van der Waals surface area (Å²) in [6, 6.07) is 13.2. The summed E-state index contributed by atoms with van der Waals surface area (Å²) in [6.07, 6.45) is 0. The Hall–Kier alpha value is -2.34. The molecule has 0 saturated carbocycles. The zero-order valence-electron chi connectivity index (χ0n) is 11.8. The number of hydrogen-bond acceptors (Lipinski definition) is 3. The Morgan fingerprint density at radius 1 is 1.00 bits per heavy atom. The van der Waals surface area contributed by atoms with Crippen LogP contribution in [0.2, 0.25) is 0 Å². The second-order valence-corrected chi connectivity index (χ2v) is 5.63. The highest BCUT2D eigenvalue weighted by Crippen LogP contribution is 2.13. The van der Waals surface area contributed by atoms with Gasteiger partial charge in [0, 0.05) is 11.3 Å². The highest BCUT2D eigenvalue weighted by molar-refractivity contribution is 8.13. The quantitative estimate of drug-likeness (QED) is 0.657. The number of amidine groups is 1. The van der Waals surface area contributed by atoms with Gasteiger partial charge in [0.25, 0.3) is 0 Å². The molecule has 0 atom stereocenters. The number of carbonyl (C=O) groups is 1. The van der Waals surface area contributed by atoms with Gasteiger partial charge in [0.15, 0.2) is 5.17 Å². The fourth-order valence-electron chi connectivity index (χ4n) is 1.73. The fraction of sp³-hybridized carbons (Fsp3) is 0.125. The zero-order valence-corrected chi connectivity index (χ0v) is 12.6. The largest absolute Gasteiger partial charge is 0.379 e. The number of amides is 1. The Kier molecular flexibility index (Phi) is 5.55. The maximum Gasteiger partial charge on any atom is 0.248 e. The van der Waals surface area contributed by atoms with Gasteiger partial charge in [-0.15, -0.1) is 0 Å². The third-order valence-electron chi connectivity index (χ3n) is 2.96. The molecular formula is C16H16FN3OS. The molecule has 2 aromatic rings. The van der Waals surface area contributed by atoms with Gasteiger partial charge in [-0.2, -0.15) is 0 Å². The number of thioether (sulfide) groups is 1. The molecule has 0 saturated heterocycles. The van der Waals surface area contributed by atoms with Gasteiger partial charge in [-0.1, -0.05) is 36.0 Å². The maximum absolute atomic E-state index is 12.8. The van der Waals surface area contributed by atoms with Crippen LogP contribution in [-0.4, -0.2) is 11.1 Å². The number of benzene rings is 2. The van der Waals surface area contributed by atoms with E-state index in [9.17, 15) is 9.18 Å². The molecule has 0 unspecified atom stereocenters. The van der Waals surface area contributed by atoms with Gasteiger partial charge in [0.1, 0.15) is 5.82 Å². The van der Waals surface area contributed by atoms with Gasteiger partial charge in [-0.25, -0.2) is 4.39 Å². The van der Waals surface area contributed by atoms with Gasteiger partial charge in [-0.3, -0.25) is 9.79 Å². The summed E-state index contributed by atoms with van der Waals surface area (Å²) in [5.74, 6) is -0.0739. The van der Waals surface area contributed by atoms with Crippen LogP contribution in [0.25, 0.3) is 0 Å². The van der Waals surface area contributed by atoms with Crippen molar-refractivity contribution in [3.05, 3.63) is 71.0 Å². The number of halogens is 1. The van der Waals surface area contributed by atoms with Crippen LogP contribution in [0.4, 0.5) is 4.39 Å². The van der Waals surface area contributed by atoms with Crippen LogP contribution in [-0.2, 0) is 12.3 Å². The Labute approximate surface area is 132 Å². The summed E-state index contributed by atoms with van der Waals surface area (Å²) in [7, 11) is 0. The summed E-state index contributed by atoms with van der Waals surface area (Å²) >= 11 is 1.39. The fourth-order valence-corrected chi connectivity index (χ4v) is 2.39. The average Bonchev–Trinajstić information content (AvgIpc) is 2.52. The number of rotatable bonds is 5. The Balaban J connectivity index is 1.86. The van der Waals surface area contributed by atoms with E-state index in [0.29, 0.717) is 23.0 Å². The molecule has 0 aliphatic heterocycles. The van der Waals surface area contributed by atoms with E-state index in [1.807, 2.05) is 0 Å². The van der Waals surface area contributed by atoms with Gasteiger partial charge >= 0.3 is 0 Å². The van der Waals surface area contributed by atoms with E-state index >= 15 is 0 Å². The minimum atomic E-state index is -0.454. The number of aliphatic imine (C=N–C) groups is 1. The van der Waals surface area contributed by atoms with Crippen molar-refractivity contribution in [2.75, 3.05) is 0 Å². The molecule has 0 fully saturated rings. The first-order valence-corrected chi connectivity index (χ1v) is 7.59. The lowest BCUT2D eigenvalue weighted by Gasteiger charge is -2.03. The smallest absolute Gasteiger partial charge is 0.248 e. The molecule has 2 rings (SSSR count). The Morgan fingerprint density at radius 2 is 1.59 bits per heavy atom. The van der Waals surface area contributed by atoms with Crippen LogP contribution in [0, 0.1) is 5.82 Å². The number of nitrogens with two attached hydrogens (primary N) is 2. The SMILES string of the molecule is NC(=O)c1ccc(CN=C(N)SCc2ccc(F)cc2)cc1. The third-order valence-corrected chi connectivity index (χ3v) is 3.86. The van der Waals surface area contributed by atoms with Crippen LogP contribution in [0.5, 0.6) is 0 Å². The lowest BCUT2D eigenvalue weighted by Crippen LogP contribution is -2.10. The van der Waals surface area contributed by atoms with E-state index in [2.05, 4.69) is 4.99 Å². The summed E-state index contributed by atoms with van der Waals surface area (Å²) in [6.45, 7) is 0.432. The second-order valence-electron chi connectivity index (χ2n) is 4.63. The van der Waals surface area contributed by atoms with E-state index in [1.165, 1.54) is 23.9 Å². The molecule has 0 aliphatic carbocycles. The Morgan fingerprint density at radius 3 is 2.18 bits per heavy atom. The van der Waals surface area contributed by atoms with Crippen LogP contribution in [0.3, 0.4) is 0 Å². The summed E-state index contributed by atoms with van der Waals surface area (Å²) < 4.78 is 12.8. The van der Waals surface area contributed by atoms with Crippen molar-refractivity contribution in [3.63, 3.8) is 0 Å². The molecule has 0 heterocycles. The predicted octanol–water partition coefficient (Wildman–Crippen LogP) is 2.67. The molecule has 0 radical (unpaired) electrons. The van der Waals surface area contributed by atoms with Crippen LogP contribution in [0.15, 0.2) is 53.5 Å². The normalized spacial score (nSPS) is 11.4. The minimum Gasteiger partial charge on any atom is -0.379 e. The molecule has 2 aromatic carbocycles. The number of hydrogen-bond donors (Lipinski definition) is 2. The lowest BCUT2D eigenvalue weighted by molar-refractivity contribution is 0.100. The van der Waals surface area contributed by atoms with E-state index in [4.69, 9.17) is 11.5 Å². The molecule has 0 bridgehead atoms. The monoisotopic (exact) mass is 317 g/mol.